The van der Waals surface area contributed by atoms with E-state index >= 15 is 0 Å². The second-order valence-corrected chi connectivity index (χ2v) is 15.1. The minimum absolute atomic E-state index is 0.0238. The maximum Gasteiger partial charge on any atom is 0.339 e. The van der Waals surface area contributed by atoms with Crippen molar-refractivity contribution in [2.45, 2.75) is 44.5 Å². The molecule has 0 amide bonds. The van der Waals surface area contributed by atoms with Crippen molar-refractivity contribution in [2.24, 2.45) is 0 Å². The molecule has 56 heavy (non-hydrogen) atoms. The average Bonchev–Trinajstić information content (AvgIpc) is 3.20. The first-order valence-corrected chi connectivity index (χ1v) is 19.6. The molecule has 0 fully saturated rings. The van der Waals surface area contributed by atoms with E-state index in [0.29, 0.717) is 0 Å². The van der Waals surface area contributed by atoms with Crippen molar-refractivity contribution in [1.82, 2.24) is 0 Å². The monoisotopic (exact) mass is 772 g/mol. The molecule has 0 aliphatic rings. The molecule has 286 valence electrons. The Morgan fingerprint density at radius 2 is 0.857 bits per heavy atom. The Labute approximate surface area is 325 Å². The van der Waals surface area contributed by atoms with Gasteiger partial charge in [0.15, 0.2) is 9.84 Å². The number of benzene rings is 6. The molecule has 0 bridgehead atoms. The minimum atomic E-state index is -4.18. The maximum atomic E-state index is 14.3. The van der Waals surface area contributed by atoms with Crippen LogP contribution in [-0.2, 0) is 59.1 Å². The predicted octanol–water partition coefficient (Wildman–Crippen LogP) is 8.65. The molecule has 6 aromatic rings. The van der Waals surface area contributed by atoms with E-state index < -0.39 is 33.3 Å². The third-order valence-electron chi connectivity index (χ3n) is 8.75. The maximum absolute atomic E-state index is 14.3. The first-order chi connectivity index (χ1) is 27.1. The lowest BCUT2D eigenvalue weighted by atomic mass is 10.0. The molecule has 0 aliphatic carbocycles. The van der Waals surface area contributed by atoms with Crippen LogP contribution < -0.4 is 14.2 Å². The van der Waals surface area contributed by atoms with Crippen LogP contribution >= 0.6 is 0 Å². The average molecular weight is 773 g/mol. The Morgan fingerprint density at radius 3 is 1.32 bits per heavy atom. The number of carboxylic acids is 2. The number of ether oxygens (including phenoxy) is 4. The zero-order valence-corrected chi connectivity index (χ0v) is 31.2. The van der Waals surface area contributed by atoms with Crippen LogP contribution in [0.5, 0.6) is 17.2 Å². The number of carbonyl (C=O) groups is 2. The van der Waals surface area contributed by atoms with E-state index in [0.717, 1.165) is 22.3 Å². The highest BCUT2D eigenvalue weighted by Gasteiger charge is 2.26. The highest BCUT2D eigenvalue weighted by molar-refractivity contribution is 7.89. The zero-order valence-electron chi connectivity index (χ0n) is 30.4. The molecule has 6 aromatic carbocycles. The van der Waals surface area contributed by atoms with Crippen LogP contribution in [-0.4, -0.2) is 30.6 Å². The second-order valence-electron chi connectivity index (χ2n) is 13.0. The van der Waals surface area contributed by atoms with Gasteiger partial charge in [-0.1, -0.05) is 121 Å². The smallest absolute Gasteiger partial charge is 0.339 e. The van der Waals surface area contributed by atoms with Crippen LogP contribution in [0.25, 0.3) is 0 Å². The Kier molecular flexibility index (Phi) is 13.1. The number of sulfone groups is 1. The first kappa shape index (κ1) is 39.3. The van der Waals surface area contributed by atoms with Gasteiger partial charge in [-0.3, -0.25) is 0 Å². The third-order valence-corrected chi connectivity index (χ3v) is 10.2. The summed E-state index contributed by atoms with van der Waals surface area (Å²) in [6, 6.07) is 42.6. The summed E-state index contributed by atoms with van der Waals surface area (Å²) in [5, 5.41) is 20.6. The first-order valence-electron chi connectivity index (χ1n) is 17.7. The second kappa shape index (κ2) is 18.7. The van der Waals surface area contributed by atoms with Gasteiger partial charge in [-0.05, 0) is 57.6 Å². The number of hydrogen-bond donors (Lipinski definition) is 2. The fraction of sp³-hybridized carbons (Fsp3) is 0.156. The lowest BCUT2D eigenvalue weighted by Crippen LogP contribution is -2.15. The van der Waals surface area contributed by atoms with Gasteiger partial charge in [0.1, 0.15) is 42.6 Å². The summed E-state index contributed by atoms with van der Waals surface area (Å²) >= 11 is 0. The number of hydrogen-bond acceptors (Lipinski definition) is 8. The summed E-state index contributed by atoms with van der Waals surface area (Å²) < 4.78 is 52.6. The highest BCUT2D eigenvalue weighted by atomic mass is 32.2. The van der Waals surface area contributed by atoms with Crippen molar-refractivity contribution in [1.29, 1.82) is 0 Å². The number of carboxylic acid groups (broad SMARTS) is 2. The van der Waals surface area contributed by atoms with Crippen molar-refractivity contribution >= 4 is 21.8 Å². The molecule has 10 nitrogen and oxygen atoms in total. The third kappa shape index (κ3) is 11.1. The number of rotatable bonds is 19. The van der Waals surface area contributed by atoms with Crippen LogP contribution in [0.15, 0.2) is 146 Å². The van der Waals surface area contributed by atoms with Crippen molar-refractivity contribution in [3.8, 4) is 17.2 Å². The van der Waals surface area contributed by atoms with Crippen LogP contribution in [0.1, 0.15) is 59.7 Å². The van der Waals surface area contributed by atoms with Gasteiger partial charge in [-0.15, -0.1) is 0 Å². The Bertz CT molecular complexity index is 2350. The summed E-state index contributed by atoms with van der Waals surface area (Å²) in [6.45, 7) is 0.165. The lowest BCUT2D eigenvalue weighted by Gasteiger charge is -2.19. The van der Waals surface area contributed by atoms with E-state index in [2.05, 4.69) is 0 Å². The van der Waals surface area contributed by atoms with E-state index in [1.54, 1.807) is 0 Å². The van der Waals surface area contributed by atoms with Gasteiger partial charge < -0.3 is 29.2 Å². The molecule has 0 saturated carbocycles. The fourth-order valence-corrected chi connectivity index (χ4v) is 7.56. The normalized spacial score (nSPS) is 11.1. The van der Waals surface area contributed by atoms with Crippen LogP contribution in [0.2, 0.25) is 0 Å². The van der Waals surface area contributed by atoms with Crippen LogP contribution in [0.3, 0.4) is 0 Å². The molecule has 0 aliphatic heterocycles. The summed E-state index contributed by atoms with van der Waals surface area (Å²) in [7, 11) is -4.18. The van der Waals surface area contributed by atoms with Crippen molar-refractivity contribution in [2.75, 3.05) is 0 Å². The van der Waals surface area contributed by atoms with E-state index in [9.17, 15) is 28.2 Å². The molecular formula is C45H40O10S. The molecule has 0 radical (unpaired) electrons. The summed E-state index contributed by atoms with van der Waals surface area (Å²) in [4.78, 5) is 25.3. The fourth-order valence-electron chi connectivity index (χ4n) is 6.04. The summed E-state index contributed by atoms with van der Waals surface area (Å²) in [6.07, 6.45) is 0. The van der Waals surface area contributed by atoms with Gasteiger partial charge >= 0.3 is 11.9 Å². The van der Waals surface area contributed by atoms with Crippen LogP contribution in [0, 0.1) is 0 Å². The Hall–Kier alpha value is -6.43. The molecule has 0 saturated heterocycles. The molecule has 0 heterocycles. The van der Waals surface area contributed by atoms with E-state index in [1.165, 1.54) is 24.3 Å². The highest BCUT2D eigenvalue weighted by Crippen LogP contribution is 2.34. The van der Waals surface area contributed by atoms with Gasteiger partial charge in [0.25, 0.3) is 0 Å². The quantitative estimate of drug-likeness (QED) is 0.0821. The lowest BCUT2D eigenvalue weighted by molar-refractivity contribution is 0.0676. The molecule has 11 heteroatoms. The minimum Gasteiger partial charge on any atom is -0.489 e. The van der Waals surface area contributed by atoms with Crippen molar-refractivity contribution < 1.29 is 47.2 Å². The molecule has 0 unspecified atom stereocenters. The van der Waals surface area contributed by atoms with E-state index in [4.69, 9.17) is 18.9 Å². The molecular weight excluding hydrogens is 733 g/mol. The van der Waals surface area contributed by atoms with E-state index in [1.807, 2.05) is 121 Å². The molecule has 0 aromatic heterocycles. The molecule has 0 spiro atoms. The Morgan fingerprint density at radius 1 is 0.464 bits per heavy atom. The largest absolute Gasteiger partial charge is 0.489 e. The van der Waals surface area contributed by atoms with Gasteiger partial charge in [0, 0.05) is 5.56 Å². The van der Waals surface area contributed by atoms with E-state index in [-0.39, 0.29) is 78.1 Å². The predicted molar refractivity (Wildman–Crippen MR) is 210 cm³/mol. The Balaban J connectivity index is 1.35. The molecule has 0 atom stereocenters. The SMILES string of the molecule is O=C(O)c1cc(OCc2ccccc2)cc(CS(=O)(=O)Cc2cc(OCc3ccccc3)cc(C(=O)O)c2OCc2ccccc2)c1COCc1ccccc1. The zero-order chi connectivity index (χ0) is 39.3. The standard InChI is InChI=1S/C45H40O10S/c46-44(47)40-23-38(53-26-33-15-7-2-8-16-33)21-36(42(40)29-52-25-32-13-5-1-6-14-32)30-56(50,51)31-37-22-39(54-27-34-17-9-3-10-18-34)24-41(45(48)49)43(37)55-28-35-19-11-4-12-20-35/h1-24H,25-31H2,(H,46,47)(H,48,49). The number of aromatic carboxylic acids is 2. The van der Waals surface area contributed by atoms with Crippen molar-refractivity contribution in [3.63, 3.8) is 0 Å². The van der Waals surface area contributed by atoms with Gasteiger partial charge in [0.2, 0.25) is 0 Å². The van der Waals surface area contributed by atoms with Crippen LogP contribution in [0.4, 0.5) is 0 Å². The van der Waals surface area contributed by atoms with Gasteiger partial charge in [-0.25, -0.2) is 18.0 Å². The summed E-state index contributed by atoms with van der Waals surface area (Å²) in [5.41, 5.74) is 3.25. The topological polar surface area (TPSA) is 146 Å². The summed E-state index contributed by atoms with van der Waals surface area (Å²) in [5.74, 6) is -3.68. The van der Waals surface area contributed by atoms with Crippen molar-refractivity contribution in [3.05, 3.63) is 196 Å². The molecule has 2 N–H and O–H groups in total. The van der Waals surface area contributed by atoms with Gasteiger partial charge in [-0.2, -0.15) is 0 Å². The van der Waals surface area contributed by atoms with Gasteiger partial charge in [0.05, 0.1) is 30.3 Å². The molecule has 6 rings (SSSR count).